The van der Waals surface area contributed by atoms with Crippen LogP contribution in [0.3, 0.4) is 0 Å². The summed E-state index contributed by atoms with van der Waals surface area (Å²) in [6.07, 6.45) is 3.60. The Kier molecular flexibility index (Phi) is 3.50. The summed E-state index contributed by atoms with van der Waals surface area (Å²) >= 11 is 0. The minimum atomic E-state index is -0.397. The molecule has 2 atom stereocenters. The van der Waals surface area contributed by atoms with E-state index in [2.05, 4.69) is 10.6 Å². The van der Waals surface area contributed by atoms with E-state index in [0.717, 1.165) is 32.4 Å². The number of aliphatic hydroxyl groups excluding tert-OH is 1. The van der Waals surface area contributed by atoms with Gasteiger partial charge in [0.15, 0.2) is 0 Å². The number of nitrogens with one attached hydrogen (secondary N) is 2. The van der Waals surface area contributed by atoms with Crippen molar-refractivity contribution < 1.29 is 9.90 Å². The molecule has 2 aliphatic rings. The largest absolute Gasteiger partial charge is 0.391 e. The van der Waals surface area contributed by atoms with Crippen LogP contribution in [0.15, 0.2) is 0 Å². The van der Waals surface area contributed by atoms with Gasteiger partial charge in [-0.2, -0.15) is 0 Å². The van der Waals surface area contributed by atoms with E-state index in [4.69, 9.17) is 0 Å². The van der Waals surface area contributed by atoms with E-state index in [-0.39, 0.29) is 11.8 Å². The van der Waals surface area contributed by atoms with Gasteiger partial charge in [0.25, 0.3) is 0 Å². The fourth-order valence-electron chi connectivity index (χ4n) is 2.68. The second kappa shape index (κ2) is 4.72. The highest BCUT2D eigenvalue weighted by molar-refractivity contribution is 5.82. The van der Waals surface area contributed by atoms with Crippen molar-refractivity contribution >= 4 is 5.91 Å². The molecule has 16 heavy (non-hydrogen) atoms. The summed E-state index contributed by atoms with van der Waals surface area (Å²) in [5.74, 6) is 0.355. The van der Waals surface area contributed by atoms with Crippen LogP contribution in [0.4, 0.5) is 0 Å². The van der Waals surface area contributed by atoms with Crippen molar-refractivity contribution in [1.82, 2.24) is 10.6 Å². The standard InChI is InChI=1S/C12H22N2O2/c1-2-9(15)8-14-11(16)10-7-12(10)3-5-13-6-4-12/h9-10,13,15H,2-8H2,1H3,(H,14,16). The number of aliphatic hydroxyl groups is 1. The molecule has 2 rings (SSSR count). The molecule has 3 N–H and O–H groups in total. The smallest absolute Gasteiger partial charge is 0.223 e. The Balaban J connectivity index is 1.75. The van der Waals surface area contributed by atoms with E-state index in [1.165, 1.54) is 0 Å². The molecule has 1 saturated carbocycles. The summed E-state index contributed by atoms with van der Waals surface area (Å²) in [7, 11) is 0. The summed E-state index contributed by atoms with van der Waals surface area (Å²) in [6, 6.07) is 0. The summed E-state index contributed by atoms with van der Waals surface area (Å²) in [5, 5.41) is 15.6. The van der Waals surface area contributed by atoms with Gasteiger partial charge in [0.1, 0.15) is 0 Å². The Hall–Kier alpha value is -0.610. The number of piperidine rings is 1. The topological polar surface area (TPSA) is 61.4 Å². The van der Waals surface area contributed by atoms with Gasteiger partial charge >= 0.3 is 0 Å². The van der Waals surface area contributed by atoms with Crippen LogP contribution in [-0.4, -0.2) is 36.8 Å². The number of rotatable bonds is 4. The fourth-order valence-corrected chi connectivity index (χ4v) is 2.68. The molecule has 1 spiro atoms. The van der Waals surface area contributed by atoms with Gasteiger partial charge in [-0.1, -0.05) is 6.92 Å². The van der Waals surface area contributed by atoms with Crippen molar-refractivity contribution in [2.24, 2.45) is 11.3 Å². The number of carbonyl (C=O) groups excluding carboxylic acids is 1. The summed E-state index contributed by atoms with van der Waals surface area (Å²) in [6.45, 7) is 4.41. The predicted molar refractivity (Wildman–Crippen MR) is 62.0 cm³/mol. The first kappa shape index (κ1) is 11.9. The molecule has 1 aliphatic heterocycles. The Morgan fingerprint density at radius 2 is 2.25 bits per heavy atom. The van der Waals surface area contributed by atoms with E-state index < -0.39 is 6.10 Å². The molecule has 1 aliphatic carbocycles. The van der Waals surface area contributed by atoms with Crippen LogP contribution in [0, 0.1) is 11.3 Å². The van der Waals surface area contributed by atoms with E-state index in [9.17, 15) is 9.90 Å². The van der Waals surface area contributed by atoms with Crippen LogP contribution in [0.5, 0.6) is 0 Å². The van der Waals surface area contributed by atoms with E-state index in [1.54, 1.807) is 0 Å². The highest BCUT2D eigenvalue weighted by Crippen LogP contribution is 2.58. The third-order valence-corrected chi connectivity index (χ3v) is 4.09. The minimum Gasteiger partial charge on any atom is -0.391 e. The van der Waals surface area contributed by atoms with Gasteiger partial charge in [0.2, 0.25) is 5.91 Å². The van der Waals surface area contributed by atoms with E-state index in [0.29, 0.717) is 18.4 Å². The molecule has 92 valence electrons. The molecule has 2 unspecified atom stereocenters. The molecule has 0 aromatic rings. The minimum absolute atomic E-state index is 0.148. The predicted octanol–water partition coefficient (Wildman–Crippen LogP) is 0.263. The third-order valence-electron chi connectivity index (χ3n) is 4.09. The van der Waals surface area contributed by atoms with Gasteiger partial charge in [-0.25, -0.2) is 0 Å². The van der Waals surface area contributed by atoms with Gasteiger partial charge in [0, 0.05) is 12.5 Å². The maximum absolute atomic E-state index is 11.9. The number of amides is 1. The van der Waals surface area contributed by atoms with E-state index in [1.807, 2.05) is 6.92 Å². The zero-order valence-electron chi connectivity index (χ0n) is 9.96. The molecular weight excluding hydrogens is 204 g/mol. The van der Waals surface area contributed by atoms with Crippen LogP contribution in [0.1, 0.15) is 32.6 Å². The molecule has 1 saturated heterocycles. The first-order valence-corrected chi connectivity index (χ1v) is 6.34. The second-order valence-corrected chi connectivity index (χ2v) is 5.18. The second-order valence-electron chi connectivity index (χ2n) is 5.18. The first-order chi connectivity index (χ1) is 7.68. The van der Waals surface area contributed by atoms with Crippen molar-refractivity contribution in [3.8, 4) is 0 Å². The van der Waals surface area contributed by atoms with E-state index >= 15 is 0 Å². The highest BCUT2D eigenvalue weighted by Gasteiger charge is 2.57. The van der Waals surface area contributed by atoms with Gasteiger partial charge in [-0.15, -0.1) is 0 Å². The van der Waals surface area contributed by atoms with Crippen LogP contribution >= 0.6 is 0 Å². The Labute approximate surface area is 96.8 Å². The van der Waals surface area contributed by atoms with Crippen LogP contribution in [0.25, 0.3) is 0 Å². The van der Waals surface area contributed by atoms with Crippen molar-refractivity contribution in [2.45, 2.75) is 38.7 Å². The first-order valence-electron chi connectivity index (χ1n) is 6.34. The van der Waals surface area contributed by atoms with Crippen molar-refractivity contribution in [3.05, 3.63) is 0 Å². The van der Waals surface area contributed by atoms with Gasteiger partial charge in [0.05, 0.1) is 6.10 Å². The lowest BCUT2D eigenvalue weighted by atomic mass is 9.92. The molecule has 1 heterocycles. The molecule has 0 bridgehead atoms. The maximum atomic E-state index is 11.9. The quantitative estimate of drug-likeness (QED) is 0.644. The van der Waals surface area contributed by atoms with Gasteiger partial charge < -0.3 is 15.7 Å². The SMILES string of the molecule is CCC(O)CNC(=O)C1CC12CCNCC2. The zero-order chi connectivity index (χ0) is 11.6. The number of carbonyl (C=O) groups is 1. The normalized spacial score (nSPS) is 28.8. The number of hydrogen-bond acceptors (Lipinski definition) is 3. The Morgan fingerprint density at radius 1 is 1.56 bits per heavy atom. The van der Waals surface area contributed by atoms with Crippen LogP contribution in [-0.2, 0) is 4.79 Å². The number of hydrogen-bond donors (Lipinski definition) is 3. The monoisotopic (exact) mass is 226 g/mol. The molecule has 4 nitrogen and oxygen atoms in total. The van der Waals surface area contributed by atoms with Crippen molar-refractivity contribution in [3.63, 3.8) is 0 Å². The fraction of sp³-hybridized carbons (Fsp3) is 0.917. The zero-order valence-corrected chi connectivity index (χ0v) is 9.96. The van der Waals surface area contributed by atoms with Crippen molar-refractivity contribution in [1.29, 1.82) is 0 Å². The average Bonchev–Trinajstić information content (AvgIpc) is 3.00. The lowest BCUT2D eigenvalue weighted by Crippen LogP contribution is -2.36. The molecule has 1 amide bonds. The van der Waals surface area contributed by atoms with Crippen LogP contribution < -0.4 is 10.6 Å². The Morgan fingerprint density at radius 3 is 2.88 bits per heavy atom. The molecular formula is C12H22N2O2. The lowest BCUT2D eigenvalue weighted by molar-refractivity contribution is -0.123. The summed E-state index contributed by atoms with van der Waals surface area (Å²) < 4.78 is 0. The average molecular weight is 226 g/mol. The molecule has 2 fully saturated rings. The van der Waals surface area contributed by atoms with Gasteiger partial charge in [-0.05, 0) is 44.2 Å². The van der Waals surface area contributed by atoms with Crippen LogP contribution in [0.2, 0.25) is 0 Å². The Bertz CT molecular complexity index is 262. The van der Waals surface area contributed by atoms with Crippen molar-refractivity contribution in [2.75, 3.05) is 19.6 Å². The van der Waals surface area contributed by atoms with Gasteiger partial charge in [-0.3, -0.25) is 4.79 Å². The molecule has 4 heteroatoms. The molecule has 0 radical (unpaired) electrons. The molecule has 0 aromatic heterocycles. The molecule has 0 aromatic carbocycles. The maximum Gasteiger partial charge on any atom is 0.223 e. The lowest BCUT2D eigenvalue weighted by Gasteiger charge is -2.23. The summed E-state index contributed by atoms with van der Waals surface area (Å²) in [4.78, 5) is 11.9. The summed E-state index contributed by atoms with van der Waals surface area (Å²) in [5.41, 5.74) is 0.298. The highest BCUT2D eigenvalue weighted by atomic mass is 16.3. The third kappa shape index (κ3) is 2.38.